The van der Waals surface area contributed by atoms with Gasteiger partial charge in [0.2, 0.25) is 0 Å². The van der Waals surface area contributed by atoms with Gasteiger partial charge in [-0.15, -0.1) is 0 Å². The number of nitrogens with one attached hydrogen (secondary N) is 2. The fourth-order valence-electron chi connectivity index (χ4n) is 3.70. The smallest absolute Gasteiger partial charge is 0.272 e. The molecule has 0 unspecified atom stereocenters. The number of amides is 1. The van der Waals surface area contributed by atoms with Crippen LogP contribution in [-0.2, 0) is 24.9 Å². The molecule has 0 spiro atoms. The average Bonchev–Trinajstić information content (AvgIpc) is 3.34. The van der Waals surface area contributed by atoms with Gasteiger partial charge in [-0.05, 0) is 32.8 Å². The summed E-state index contributed by atoms with van der Waals surface area (Å²) in [5.74, 6) is -0.202. The summed E-state index contributed by atoms with van der Waals surface area (Å²) in [7, 11) is 1.79. The standard InChI is InChI=1S/C20H27N7O2/c1-4-27-19-16(12-22-27)18(24-14-6-9-29-10-7-14)15(13(2)23-19)11-21-20(28)17-5-8-26(3)25-17/h5,8,12,14H,4,6-7,9-11H2,1-3H3,(H,21,28)(H,23,24). The van der Waals surface area contributed by atoms with E-state index < -0.39 is 0 Å². The van der Waals surface area contributed by atoms with Crippen molar-refractivity contribution in [2.75, 3.05) is 18.5 Å². The summed E-state index contributed by atoms with van der Waals surface area (Å²) in [5.41, 5.74) is 4.12. The van der Waals surface area contributed by atoms with Crippen LogP contribution < -0.4 is 10.6 Å². The topological polar surface area (TPSA) is 98.9 Å². The zero-order valence-electron chi connectivity index (χ0n) is 17.1. The van der Waals surface area contributed by atoms with Crippen LogP contribution in [0, 0.1) is 6.92 Å². The maximum absolute atomic E-state index is 12.5. The van der Waals surface area contributed by atoms with Gasteiger partial charge in [-0.3, -0.25) is 9.48 Å². The summed E-state index contributed by atoms with van der Waals surface area (Å²) < 4.78 is 9.01. The van der Waals surface area contributed by atoms with Crippen molar-refractivity contribution < 1.29 is 9.53 Å². The fourth-order valence-corrected chi connectivity index (χ4v) is 3.70. The third-order valence-corrected chi connectivity index (χ3v) is 5.33. The molecule has 0 saturated carbocycles. The van der Waals surface area contributed by atoms with E-state index >= 15 is 0 Å². The molecule has 1 amide bonds. The molecule has 1 aliphatic heterocycles. The molecular weight excluding hydrogens is 370 g/mol. The first kappa shape index (κ1) is 19.4. The highest BCUT2D eigenvalue weighted by atomic mass is 16.5. The summed E-state index contributed by atoms with van der Waals surface area (Å²) >= 11 is 0. The van der Waals surface area contributed by atoms with Gasteiger partial charge in [0.05, 0.1) is 17.3 Å². The average molecular weight is 397 g/mol. The highest BCUT2D eigenvalue weighted by Gasteiger charge is 2.21. The molecule has 0 aliphatic carbocycles. The molecule has 1 fully saturated rings. The van der Waals surface area contributed by atoms with Crippen LogP contribution in [0.25, 0.3) is 11.0 Å². The first-order chi connectivity index (χ1) is 14.1. The third kappa shape index (κ3) is 3.95. The third-order valence-electron chi connectivity index (χ3n) is 5.33. The monoisotopic (exact) mass is 397 g/mol. The minimum absolute atomic E-state index is 0.202. The molecule has 154 valence electrons. The number of nitrogens with zero attached hydrogens (tertiary/aromatic N) is 5. The molecule has 29 heavy (non-hydrogen) atoms. The van der Waals surface area contributed by atoms with Crippen LogP contribution in [-0.4, -0.2) is 49.7 Å². The molecule has 4 heterocycles. The molecule has 0 radical (unpaired) electrons. The Morgan fingerprint density at radius 3 is 2.83 bits per heavy atom. The lowest BCUT2D eigenvalue weighted by Crippen LogP contribution is -2.30. The van der Waals surface area contributed by atoms with Gasteiger partial charge in [-0.2, -0.15) is 10.2 Å². The van der Waals surface area contributed by atoms with E-state index in [4.69, 9.17) is 9.72 Å². The first-order valence-corrected chi connectivity index (χ1v) is 10.0. The highest BCUT2D eigenvalue weighted by Crippen LogP contribution is 2.30. The quantitative estimate of drug-likeness (QED) is 0.660. The summed E-state index contributed by atoms with van der Waals surface area (Å²) in [6.07, 6.45) is 5.51. The summed E-state index contributed by atoms with van der Waals surface area (Å²) in [6.45, 7) is 6.66. The Bertz CT molecular complexity index is 1020. The van der Waals surface area contributed by atoms with E-state index in [2.05, 4.69) is 27.8 Å². The van der Waals surface area contributed by atoms with Gasteiger partial charge < -0.3 is 15.4 Å². The first-order valence-electron chi connectivity index (χ1n) is 10.0. The second-order valence-electron chi connectivity index (χ2n) is 7.34. The molecule has 1 saturated heterocycles. The lowest BCUT2D eigenvalue weighted by Gasteiger charge is -2.26. The molecule has 0 atom stereocenters. The highest BCUT2D eigenvalue weighted by molar-refractivity contribution is 5.94. The number of fused-ring (bicyclic) bond motifs is 1. The van der Waals surface area contributed by atoms with Crippen LogP contribution in [0.15, 0.2) is 18.5 Å². The van der Waals surface area contributed by atoms with Crippen molar-refractivity contribution in [1.29, 1.82) is 0 Å². The van der Waals surface area contributed by atoms with Crippen molar-refractivity contribution in [3.8, 4) is 0 Å². The number of aromatic nitrogens is 5. The maximum Gasteiger partial charge on any atom is 0.272 e. The molecule has 0 bridgehead atoms. The number of hydrogen-bond acceptors (Lipinski definition) is 6. The molecule has 9 nitrogen and oxygen atoms in total. The Hall–Kier alpha value is -2.94. The molecule has 3 aromatic heterocycles. The Labute approximate surface area is 169 Å². The molecule has 9 heteroatoms. The number of hydrogen-bond donors (Lipinski definition) is 2. The molecule has 1 aliphatic rings. The summed E-state index contributed by atoms with van der Waals surface area (Å²) in [4.78, 5) is 17.3. The van der Waals surface area contributed by atoms with Crippen LogP contribution in [0.1, 0.15) is 41.5 Å². The molecule has 4 rings (SSSR count). The van der Waals surface area contributed by atoms with E-state index in [0.29, 0.717) is 18.3 Å². The van der Waals surface area contributed by atoms with Gasteiger partial charge >= 0.3 is 0 Å². The second kappa shape index (κ2) is 8.20. The Balaban J connectivity index is 1.66. The lowest BCUT2D eigenvalue weighted by atomic mass is 10.0. The van der Waals surface area contributed by atoms with Gasteiger partial charge in [-0.1, -0.05) is 0 Å². The molecular formula is C20H27N7O2. The Morgan fingerprint density at radius 2 is 2.14 bits per heavy atom. The Kier molecular flexibility index (Phi) is 5.48. The van der Waals surface area contributed by atoms with Crippen LogP contribution >= 0.6 is 0 Å². The van der Waals surface area contributed by atoms with E-state index in [1.807, 2.05) is 17.8 Å². The molecule has 3 aromatic rings. The van der Waals surface area contributed by atoms with E-state index in [1.54, 1.807) is 24.0 Å². The number of carbonyl (C=O) groups excluding carboxylic acids is 1. The van der Waals surface area contributed by atoms with Gasteiger partial charge in [0, 0.05) is 56.8 Å². The minimum atomic E-state index is -0.202. The molecule has 2 N–H and O–H groups in total. The normalized spacial score (nSPS) is 15.0. The zero-order valence-corrected chi connectivity index (χ0v) is 17.1. The zero-order chi connectivity index (χ0) is 20.4. The number of ether oxygens (including phenoxy) is 1. The summed E-state index contributed by atoms with van der Waals surface area (Å²) in [6, 6.07) is 2.03. The van der Waals surface area contributed by atoms with Crippen LogP contribution in [0.3, 0.4) is 0 Å². The SMILES string of the molecule is CCn1ncc2c(NC3CCOCC3)c(CNC(=O)c3ccn(C)n3)c(C)nc21. The number of rotatable bonds is 6. The lowest BCUT2D eigenvalue weighted by molar-refractivity contribution is 0.0904. The largest absolute Gasteiger partial charge is 0.381 e. The van der Waals surface area contributed by atoms with Gasteiger partial charge in [0.15, 0.2) is 5.65 Å². The van der Waals surface area contributed by atoms with Crippen LogP contribution in [0.4, 0.5) is 5.69 Å². The van der Waals surface area contributed by atoms with Crippen molar-refractivity contribution in [3.05, 3.63) is 35.4 Å². The summed E-state index contributed by atoms with van der Waals surface area (Å²) in [5, 5.41) is 16.3. The van der Waals surface area contributed by atoms with Crippen molar-refractivity contribution in [2.24, 2.45) is 7.05 Å². The fraction of sp³-hybridized carbons (Fsp3) is 0.500. The number of pyridine rings is 1. The van der Waals surface area contributed by atoms with E-state index in [0.717, 1.165) is 60.6 Å². The van der Waals surface area contributed by atoms with Crippen molar-refractivity contribution in [1.82, 2.24) is 29.9 Å². The van der Waals surface area contributed by atoms with E-state index in [-0.39, 0.29) is 5.91 Å². The minimum Gasteiger partial charge on any atom is -0.381 e. The number of carbonyl (C=O) groups is 1. The van der Waals surface area contributed by atoms with Crippen molar-refractivity contribution in [2.45, 2.75) is 45.8 Å². The van der Waals surface area contributed by atoms with Gasteiger partial charge in [0.25, 0.3) is 5.91 Å². The van der Waals surface area contributed by atoms with Crippen LogP contribution in [0.2, 0.25) is 0 Å². The predicted octanol–water partition coefficient (Wildman–Crippen LogP) is 2.01. The van der Waals surface area contributed by atoms with Crippen LogP contribution in [0.5, 0.6) is 0 Å². The van der Waals surface area contributed by atoms with Crippen molar-refractivity contribution in [3.63, 3.8) is 0 Å². The Morgan fingerprint density at radius 1 is 1.34 bits per heavy atom. The number of anilines is 1. The van der Waals surface area contributed by atoms with Crippen molar-refractivity contribution >= 4 is 22.6 Å². The second-order valence-corrected chi connectivity index (χ2v) is 7.34. The number of aryl methyl sites for hydroxylation is 3. The molecule has 0 aromatic carbocycles. The van der Waals surface area contributed by atoms with Gasteiger partial charge in [0.1, 0.15) is 5.69 Å². The predicted molar refractivity (Wildman–Crippen MR) is 110 cm³/mol. The van der Waals surface area contributed by atoms with E-state index in [9.17, 15) is 4.79 Å². The van der Waals surface area contributed by atoms with Gasteiger partial charge in [-0.25, -0.2) is 9.67 Å². The maximum atomic E-state index is 12.5. The van der Waals surface area contributed by atoms with E-state index in [1.165, 1.54) is 0 Å².